The van der Waals surface area contributed by atoms with E-state index in [1.807, 2.05) is 58.0 Å². The Hall–Kier alpha value is -4.44. The summed E-state index contributed by atoms with van der Waals surface area (Å²) in [7, 11) is 9.49. The fraction of sp³-hybridized carbons (Fsp3) is 0.459. The fourth-order valence-corrected chi connectivity index (χ4v) is 5.30. The van der Waals surface area contributed by atoms with Gasteiger partial charge in [-0.25, -0.2) is 0 Å². The zero-order chi connectivity index (χ0) is 34.6. The van der Waals surface area contributed by atoms with Crippen LogP contribution in [0.15, 0.2) is 54.6 Å². The van der Waals surface area contributed by atoms with Gasteiger partial charge in [-0.05, 0) is 67.6 Å². The Labute approximate surface area is 280 Å². The molecule has 0 aliphatic carbocycles. The lowest BCUT2D eigenvalue weighted by Gasteiger charge is -2.32. The number of ether oxygens (including phenoxy) is 5. The van der Waals surface area contributed by atoms with E-state index in [-0.39, 0.29) is 19.4 Å². The number of aliphatic carboxylic acids is 1. The minimum atomic E-state index is -0.833. The van der Waals surface area contributed by atoms with E-state index >= 15 is 0 Å². The Morgan fingerprint density at radius 2 is 1.15 bits per heavy atom. The molecule has 2 N–H and O–H groups in total. The third-order valence-corrected chi connectivity index (χ3v) is 8.24. The molecule has 0 aromatic heterocycles. The Morgan fingerprint density at radius 3 is 1.53 bits per heavy atom. The number of carboxylic acids is 1. The van der Waals surface area contributed by atoms with E-state index in [1.165, 1.54) is 0 Å². The number of carbonyl (C=O) groups excluding carboxylic acids is 1. The van der Waals surface area contributed by atoms with Crippen molar-refractivity contribution in [1.82, 2.24) is 4.90 Å². The quantitative estimate of drug-likeness (QED) is 0.189. The second kappa shape index (κ2) is 19.3. The van der Waals surface area contributed by atoms with Crippen LogP contribution in [-0.4, -0.2) is 75.6 Å². The van der Waals surface area contributed by atoms with Gasteiger partial charge in [0.05, 0.1) is 59.5 Å². The van der Waals surface area contributed by atoms with Crippen LogP contribution in [0, 0.1) is 6.92 Å². The van der Waals surface area contributed by atoms with E-state index in [4.69, 9.17) is 28.8 Å². The molecule has 10 nitrogen and oxygen atoms in total. The van der Waals surface area contributed by atoms with Crippen molar-refractivity contribution < 1.29 is 43.5 Å². The molecule has 3 aromatic rings. The molecule has 0 saturated heterocycles. The Kier molecular flexibility index (Phi) is 16.6. The lowest BCUT2D eigenvalue weighted by atomic mass is 9.93. The van der Waals surface area contributed by atoms with Crippen LogP contribution in [0.1, 0.15) is 81.2 Å². The summed E-state index contributed by atoms with van der Waals surface area (Å²) in [5, 5.41) is 19.9. The van der Waals surface area contributed by atoms with Crippen molar-refractivity contribution in [1.29, 1.82) is 0 Å². The van der Waals surface area contributed by atoms with Gasteiger partial charge in [0.25, 0.3) is 0 Å². The van der Waals surface area contributed by atoms with E-state index in [9.17, 15) is 14.7 Å². The number of nitrogens with zero attached hydrogens (tertiary/aromatic N) is 1. The molecule has 3 rings (SSSR count). The summed E-state index contributed by atoms with van der Waals surface area (Å²) in [4.78, 5) is 26.0. The lowest BCUT2D eigenvalue weighted by Crippen LogP contribution is -2.41. The summed E-state index contributed by atoms with van der Waals surface area (Å²) in [5.41, 5.74) is 3.14. The van der Waals surface area contributed by atoms with Gasteiger partial charge in [-0.3, -0.25) is 9.59 Å². The molecule has 1 amide bonds. The third-order valence-electron chi connectivity index (χ3n) is 8.24. The molecular formula is C37H53NO9. The first-order valence-electron chi connectivity index (χ1n) is 15.2. The first-order chi connectivity index (χ1) is 21.9. The minimum absolute atomic E-state index is 0. The molecule has 10 heteroatoms. The summed E-state index contributed by atoms with van der Waals surface area (Å²) in [6.45, 7) is 7.52. The number of likely N-dealkylation sites (N-methyl/N-ethyl adjacent to an activating group) is 1. The number of carboxylic acid groups (broad SMARTS) is 1. The van der Waals surface area contributed by atoms with Gasteiger partial charge in [-0.15, -0.1) is 0 Å². The number of carbonyl (C=O) groups is 2. The summed E-state index contributed by atoms with van der Waals surface area (Å²) in [5.74, 6) is 0.962. The molecule has 0 bridgehead atoms. The summed E-state index contributed by atoms with van der Waals surface area (Å²) >= 11 is 0. The highest BCUT2D eigenvalue weighted by atomic mass is 16.5. The number of hydrogen-bond acceptors (Lipinski definition) is 8. The number of aliphatic hydroxyl groups excluding tert-OH is 1. The number of aliphatic hydroxyl groups is 1. The topological polar surface area (TPSA) is 124 Å². The SMILES string of the molecule is C.CC[C@@H](C(=O)N(C)[C@@H](C)[C@@H](O)c1ccccc1)c1cc(OC)c(OC)c(OC)c1.CC[C@@H](C(=O)O)c1cc(OC)c(C)c(OC)c1. The van der Waals surface area contributed by atoms with Crippen molar-refractivity contribution in [2.75, 3.05) is 42.6 Å². The zero-order valence-corrected chi connectivity index (χ0v) is 28.6. The predicted octanol–water partition coefficient (Wildman–Crippen LogP) is 7.01. The third kappa shape index (κ3) is 9.78. The average Bonchev–Trinajstić information content (AvgIpc) is 3.08. The second-order valence-corrected chi connectivity index (χ2v) is 10.8. The maximum atomic E-state index is 13.3. The molecule has 0 radical (unpaired) electrons. The normalized spacial score (nSPS) is 12.9. The number of benzene rings is 3. The molecule has 0 aliphatic rings. The molecule has 0 heterocycles. The predicted molar refractivity (Wildman–Crippen MR) is 184 cm³/mol. The van der Waals surface area contributed by atoms with E-state index in [1.54, 1.807) is 71.8 Å². The molecule has 3 aromatic carbocycles. The van der Waals surface area contributed by atoms with Crippen LogP contribution < -0.4 is 23.7 Å². The van der Waals surface area contributed by atoms with Crippen LogP contribution in [0.4, 0.5) is 0 Å². The summed E-state index contributed by atoms with van der Waals surface area (Å²) in [6.07, 6.45) is 0.350. The van der Waals surface area contributed by atoms with Crippen LogP contribution in [0.2, 0.25) is 0 Å². The van der Waals surface area contributed by atoms with Gasteiger partial charge in [0, 0.05) is 12.6 Å². The molecule has 0 unspecified atom stereocenters. The Morgan fingerprint density at radius 1 is 0.723 bits per heavy atom. The van der Waals surface area contributed by atoms with E-state index in [2.05, 4.69) is 0 Å². The number of rotatable bonds is 14. The first kappa shape index (κ1) is 40.6. The zero-order valence-electron chi connectivity index (χ0n) is 28.6. The largest absolute Gasteiger partial charge is 0.496 e. The van der Waals surface area contributed by atoms with E-state index in [0.29, 0.717) is 47.2 Å². The second-order valence-electron chi connectivity index (χ2n) is 10.8. The average molecular weight is 656 g/mol. The van der Waals surface area contributed by atoms with Crippen molar-refractivity contribution in [3.05, 3.63) is 76.9 Å². The summed E-state index contributed by atoms with van der Waals surface area (Å²) in [6, 6.07) is 16.1. The van der Waals surface area contributed by atoms with Crippen LogP contribution in [0.25, 0.3) is 0 Å². The van der Waals surface area contributed by atoms with Gasteiger partial charge < -0.3 is 38.8 Å². The monoisotopic (exact) mass is 655 g/mol. The molecule has 0 aliphatic heterocycles. The fourth-order valence-electron chi connectivity index (χ4n) is 5.30. The molecular weight excluding hydrogens is 602 g/mol. The van der Waals surface area contributed by atoms with Gasteiger partial charge in [-0.1, -0.05) is 51.6 Å². The van der Waals surface area contributed by atoms with Crippen LogP contribution in [0.5, 0.6) is 28.7 Å². The van der Waals surface area contributed by atoms with Gasteiger partial charge in [0.15, 0.2) is 11.5 Å². The van der Waals surface area contributed by atoms with Crippen molar-refractivity contribution in [2.24, 2.45) is 0 Å². The van der Waals surface area contributed by atoms with Crippen molar-refractivity contribution >= 4 is 11.9 Å². The van der Waals surface area contributed by atoms with Crippen molar-refractivity contribution in [2.45, 2.75) is 71.9 Å². The van der Waals surface area contributed by atoms with Crippen molar-refractivity contribution in [3.8, 4) is 28.7 Å². The highest BCUT2D eigenvalue weighted by Crippen LogP contribution is 2.41. The smallest absolute Gasteiger partial charge is 0.310 e. The number of hydrogen-bond donors (Lipinski definition) is 2. The van der Waals surface area contributed by atoms with E-state index in [0.717, 1.165) is 16.7 Å². The maximum Gasteiger partial charge on any atom is 0.310 e. The van der Waals surface area contributed by atoms with Crippen molar-refractivity contribution in [3.63, 3.8) is 0 Å². The van der Waals surface area contributed by atoms with Crippen LogP contribution in [-0.2, 0) is 9.59 Å². The van der Waals surface area contributed by atoms with E-state index < -0.39 is 23.9 Å². The molecule has 0 fully saturated rings. The highest BCUT2D eigenvalue weighted by Gasteiger charge is 2.30. The molecule has 47 heavy (non-hydrogen) atoms. The van der Waals surface area contributed by atoms with Crippen LogP contribution in [0.3, 0.4) is 0 Å². The molecule has 4 atom stereocenters. The molecule has 0 spiro atoms. The maximum absolute atomic E-state index is 13.3. The van der Waals surface area contributed by atoms with Gasteiger partial charge in [0.2, 0.25) is 11.7 Å². The van der Waals surface area contributed by atoms with Crippen LogP contribution >= 0.6 is 0 Å². The molecule has 0 saturated carbocycles. The number of amides is 1. The standard InChI is InChI=1S/C23H31NO5.C13H18O4.CH4/c1-7-18(17-13-19(27-4)22(29-6)20(14-17)28-5)23(26)24(3)15(2)21(25)16-11-9-8-10-12-16;1-5-10(13(14)15)9-6-11(16-3)8(2)12(7-9)17-4;/h8-15,18,21,25H,7H2,1-6H3;6-7,10H,5H2,1-4H3,(H,14,15);1H4/t15-,18+,21+;10-;/m01./s1. The summed E-state index contributed by atoms with van der Waals surface area (Å²) < 4.78 is 26.7. The highest BCUT2D eigenvalue weighted by molar-refractivity contribution is 5.84. The Bertz CT molecular complexity index is 1380. The van der Waals surface area contributed by atoms with Gasteiger partial charge in [-0.2, -0.15) is 0 Å². The Balaban J connectivity index is 0.000000525. The van der Waals surface area contributed by atoms with Gasteiger partial charge in [0.1, 0.15) is 11.5 Å². The molecule has 260 valence electrons. The first-order valence-corrected chi connectivity index (χ1v) is 15.2. The lowest BCUT2D eigenvalue weighted by molar-refractivity contribution is -0.139. The minimum Gasteiger partial charge on any atom is -0.496 e. The number of methoxy groups -OCH3 is 5. The van der Waals surface area contributed by atoms with Gasteiger partial charge >= 0.3 is 5.97 Å².